The van der Waals surface area contributed by atoms with Crippen LogP contribution >= 0.6 is 0 Å². The van der Waals surface area contributed by atoms with Crippen molar-refractivity contribution < 1.29 is 18.3 Å². The molecule has 0 unspecified atom stereocenters. The zero-order chi connectivity index (χ0) is 19.8. The summed E-state index contributed by atoms with van der Waals surface area (Å²) in [5, 5.41) is 1.01. The van der Waals surface area contributed by atoms with Gasteiger partial charge in [0.1, 0.15) is 5.69 Å². The van der Waals surface area contributed by atoms with Crippen molar-refractivity contribution in [1.82, 2.24) is 14.5 Å². The molecule has 1 atom stereocenters. The van der Waals surface area contributed by atoms with Crippen LogP contribution in [0.1, 0.15) is 35.9 Å². The van der Waals surface area contributed by atoms with E-state index < -0.39 is 24.2 Å². The number of hydrogen-bond acceptors (Lipinski definition) is 4. The number of fused-ring (bicyclic) bond motifs is 2. The maximum atomic E-state index is 13.6. The van der Waals surface area contributed by atoms with Gasteiger partial charge in [-0.3, -0.25) is 9.36 Å². The largest absolute Gasteiger partial charge is 0.450 e. The molecule has 0 aliphatic heterocycles. The summed E-state index contributed by atoms with van der Waals surface area (Å²) >= 11 is 0. The highest BCUT2D eigenvalue weighted by Gasteiger charge is 2.25. The van der Waals surface area contributed by atoms with Gasteiger partial charge in [-0.05, 0) is 36.6 Å². The molecule has 2 aromatic heterocycles. The van der Waals surface area contributed by atoms with Gasteiger partial charge in [0.2, 0.25) is 0 Å². The third-order valence-corrected chi connectivity index (χ3v) is 4.44. The fourth-order valence-electron chi connectivity index (χ4n) is 3.15. The van der Waals surface area contributed by atoms with E-state index in [2.05, 4.69) is 9.97 Å². The van der Waals surface area contributed by atoms with Gasteiger partial charge in [0, 0.05) is 5.39 Å². The summed E-state index contributed by atoms with van der Waals surface area (Å²) in [6, 6.07) is 14.7. The Kier molecular flexibility index (Phi) is 4.38. The van der Waals surface area contributed by atoms with Crippen LogP contribution in [0.25, 0.3) is 21.8 Å². The molecule has 0 fully saturated rings. The zero-order valence-electron chi connectivity index (χ0n) is 14.7. The number of para-hydroxylation sites is 2. The quantitative estimate of drug-likeness (QED) is 0.536. The first-order chi connectivity index (χ1) is 13.5. The van der Waals surface area contributed by atoms with Crippen LogP contribution in [-0.2, 0) is 4.74 Å². The Hall–Kier alpha value is -3.55. The van der Waals surface area contributed by atoms with E-state index in [1.165, 1.54) is 19.1 Å². The molecule has 0 radical (unpaired) electrons. The SMILES string of the molecule is C[C@@H](OC(=O)c1cc2ccccc2c(=O)[nH]1)c1nc2ccccc2n1C(F)F. The van der Waals surface area contributed by atoms with E-state index in [-0.39, 0.29) is 17.0 Å². The minimum Gasteiger partial charge on any atom is -0.450 e. The van der Waals surface area contributed by atoms with Crippen LogP contribution in [0.4, 0.5) is 8.78 Å². The highest BCUT2D eigenvalue weighted by Crippen LogP contribution is 2.28. The molecule has 8 heteroatoms. The molecule has 142 valence electrons. The number of hydrogen-bond donors (Lipinski definition) is 1. The van der Waals surface area contributed by atoms with Crippen molar-refractivity contribution >= 4 is 27.8 Å². The molecule has 6 nitrogen and oxygen atoms in total. The minimum absolute atomic E-state index is 0.0599. The predicted octanol–water partition coefficient (Wildman–Crippen LogP) is 4.19. The second kappa shape index (κ2) is 6.88. The fourth-order valence-corrected chi connectivity index (χ4v) is 3.15. The second-order valence-electron chi connectivity index (χ2n) is 6.25. The Morgan fingerprint density at radius 1 is 1.14 bits per heavy atom. The molecule has 0 aliphatic carbocycles. The van der Waals surface area contributed by atoms with E-state index >= 15 is 0 Å². The summed E-state index contributed by atoms with van der Waals surface area (Å²) in [5.74, 6) is -0.907. The van der Waals surface area contributed by atoms with E-state index in [1.54, 1.807) is 42.5 Å². The zero-order valence-corrected chi connectivity index (χ0v) is 14.7. The first-order valence-corrected chi connectivity index (χ1v) is 8.54. The van der Waals surface area contributed by atoms with Crippen LogP contribution in [0.2, 0.25) is 0 Å². The van der Waals surface area contributed by atoms with Gasteiger partial charge in [-0.25, -0.2) is 9.78 Å². The number of imidazole rings is 1. The molecule has 4 rings (SSSR count). The molecule has 2 aromatic carbocycles. The molecule has 0 saturated heterocycles. The molecule has 2 heterocycles. The standard InChI is InChI=1S/C20H15F2N3O3/c1-11(17-23-14-8-4-5-9-16(14)25(17)20(21)22)28-19(27)15-10-12-6-2-3-7-13(12)18(26)24-15/h2-11,20H,1H3,(H,24,26)/t11-/m1/s1. The number of aromatic amines is 1. The Morgan fingerprint density at radius 2 is 1.86 bits per heavy atom. The molecule has 0 aliphatic rings. The lowest BCUT2D eigenvalue weighted by molar-refractivity contribution is 0.0227. The van der Waals surface area contributed by atoms with Gasteiger partial charge < -0.3 is 9.72 Å². The first kappa shape index (κ1) is 17.8. The van der Waals surface area contributed by atoms with E-state index in [4.69, 9.17) is 4.74 Å². The lowest BCUT2D eigenvalue weighted by Gasteiger charge is -2.15. The smallest absolute Gasteiger partial charge is 0.355 e. The Bertz CT molecular complexity index is 1250. The van der Waals surface area contributed by atoms with Crippen LogP contribution in [0.15, 0.2) is 59.4 Å². The summed E-state index contributed by atoms with van der Waals surface area (Å²) in [6.07, 6.45) is -1.05. The van der Waals surface area contributed by atoms with Crippen molar-refractivity contribution in [3.05, 3.63) is 76.5 Å². The number of pyridine rings is 1. The lowest BCUT2D eigenvalue weighted by atomic mass is 10.1. The molecular formula is C20H15F2N3O3. The highest BCUT2D eigenvalue weighted by molar-refractivity contribution is 5.93. The third-order valence-electron chi connectivity index (χ3n) is 4.44. The van der Waals surface area contributed by atoms with Crippen molar-refractivity contribution in [2.45, 2.75) is 19.6 Å². The van der Waals surface area contributed by atoms with Gasteiger partial charge in [-0.15, -0.1) is 0 Å². The summed E-state index contributed by atoms with van der Waals surface area (Å²) in [4.78, 5) is 31.3. The van der Waals surface area contributed by atoms with Crippen LogP contribution < -0.4 is 5.56 Å². The van der Waals surface area contributed by atoms with Crippen LogP contribution in [0.3, 0.4) is 0 Å². The molecule has 4 aromatic rings. The number of carbonyl (C=O) groups is 1. The van der Waals surface area contributed by atoms with Crippen molar-refractivity contribution in [3.63, 3.8) is 0 Å². The number of halogens is 2. The maximum Gasteiger partial charge on any atom is 0.355 e. The minimum atomic E-state index is -2.84. The second-order valence-corrected chi connectivity index (χ2v) is 6.25. The van der Waals surface area contributed by atoms with E-state index in [1.807, 2.05) is 0 Å². The summed E-state index contributed by atoms with van der Waals surface area (Å²) < 4.78 is 33.2. The number of H-pyrrole nitrogens is 1. The number of rotatable bonds is 4. The van der Waals surface area contributed by atoms with Gasteiger partial charge in [-0.2, -0.15) is 8.78 Å². The Balaban J connectivity index is 1.68. The predicted molar refractivity (Wildman–Crippen MR) is 99.4 cm³/mol. The van der Waals surface area contributed by atoms with Gasteiger partial charge in [0.05, 0.1) is 11.0 Å². The van der Waals surface area contributed by atoms with Crippen molar-refractivity contribution in [1.29, 1.82) is 0 Å². The Morgan fingerprint density at radius 3 is 2.64 bits per heavy atom. The van der Waals surface area contributed by atoms with Gasteiger partial charge in [0.25, 0.3) is 5.56 Å². The van der Waals surface area contributed by atoms with Crippen molar-refractivity contribution in [3.8, 4) is 0 Å². The average Bonchev–Trinajstić information content (AvgIpc) is 3.08. The van der Waals surface area contributed by atoms with Crippen LogP contribution in [0.5, 0.6) is 0 Å². The van der Waals surface area contributed by atoms with Crippen molar-refractivity contribution in [2.24, 2.45) is 0 Å². The number of carbonyl (C=O) groups excluding carboxylic acids is 1. The molecule has 0 bridgehead atoms. The number of benzene rings is 2. The molecule has 0 amide bonds. The average molecular weight is 383 g/mol. The number of ether oxygens (including phenoxy) is 1. The maximum absolute atomic E-state index is 13.6. The normalized spacial score (nSPS) is 12.6. The van der Waals surface area contributed by atoms with Crippen LogP contribution in [0, 0.1) is 0 Å². The monoisotopic (exact) mass is 383 g/mol. The van der Waals surface area contributed by atoms with E-state index in [9.17, 15) is 18.4 Å². The molecule has 0 spiro atoms. The molecular weight excluding hydrogens is 368 g/mol. The van der Waals surface area contributed by atoms with Gasteiger partial charge in [0.15, 0.2) is 11.9 Å². The van der Waals surface area contributed by atoms with E-state index in [0.717, 1.165) is 4.57 Å². The molecule has 0 saturated carbocycles. The summed E-state index contributed by atoms with van der Waals surface area (Å²) in [5.41, 5.74) is 0.127. The van der Waals surface area contributed by atoms with E-state index in [0.29, 0.717) is 16.3 Å². The first-order valence-electron chi connectivity index (χ1n) is 8.54. The van der Waals surface area contributed by atoms with Gasteiger partial charge in [-0.1, -0.05) is 30.3 Å². The topological polar surface area (TPSA) is 77.0 Å². The number of nitrogens with zero attached hydrogens (tertiary/aromatic N) is 2. The molecule has 1 N–H and O–H groups in total. The lowest BCUT2D eigenvalue weighted by Crippen LogP contribution is -2.18. The van der Waals surface area contributed by atoms with Gasteiger partial charge >= 0.3 is 12.5 Å². The third kappa shape index (κ3) is 3.02. The Labute approximate surface area is 157 Å². The highest BCUT2D eigenvalue weighted by atomic mass is 19.3. The fraction of sp³-hybridized carbons (Fsp3) is 0.150. The number of esters is 1. The number of aromatic nitrogens is 3. The number of nitrogens with one attached hydrogen (secondary N) is 1. The number of alkyl halides is 2. The summed E-state index contributed by atoms with van der Waals surface area (Å²) in [6.45, 7) is -1.39. The molecule has 28 heavy (non-hydrogen) atoms. The van der Waals surface area contributed by atoms with Crippen LogP contribution in [-0.4, -0.2) is 20.5 Å². The van der Waals surface area contributed by atoms with Crippen molar-refractivity contribution in [2.75, 3.05) is 0 Å². The summed E-state index contributed by atoms with van der Waals surface area (Å²) in [7, 11) is 0.